The average Bonchev–Trinajstić information content (AvgIpc) is 1.59. The molecule has 20 rings (SSSR count). The van der Waals surface area contributed by atoms with E-state index in [-0.39, 0.29) is 63.1 Å². The minimum Gasteiger partial charge on any atom is -0.508 e. The van der Waals surface area contributed by atoms with Crippen molar-refractivity contribution in [1.29, 1.82) is 0 Å². The monoisotopic (exact) mass is 1930 g/mol. The van der Waals surface area contributed by atoms with Crippen LogP contribution in [0.25, 0.3) is 43.1 Å². The third-order valence-electron chi connectivity index (χ3n) is 27.6. The minimum absolute atomic E-state index is 0.0385. The molecule has 12 aromatic carbocycles. The van der Waals surface area contributed by atoms with E-state index in [0.717, 1.165) is 74.3 Å². The molecular weight excluding hydrogens is 1790 g/mol. The molecule has 12 aromatic rings. The molecule has 0 aromatic heterocycles. The maximum Gasteiger partial charge on any atom is 0.166 e. The second-order valence-corrected chi connectivity index (χ2v) is 55.1. The van der Waals surface area contributed by atoms with Crippen LogP contribution in [-0.4, -0.2) is 147 Å². The van der Waals surface area contributed by atoms with Gasteiger partial charge < -0.3 is 50.7 Å². The van der Waals surface area contributed by atoms with Crippen LogP contribution in [0.5, 0.6) is 46.0 Å². The topological polar surface area (TPSA) is 191 Å². The molecular formula is C114H148O10S8+8. The number of aryl methyl sites for hydroxylation is 5. The molecule has 0 amide bonds. The van der Waals surface area contributed by atoms with E-state index in [9.17, 15) is 30.6 Å². The van der Waals surface area contributed by atoms with Crippen molar-refractivity contribution in [3.8, 4) is 46.0 Å². The Hall–Kier alpha value is -7.20. The van der Waals surface area contributed by atoms with Crippen molar-refractivity contribution < 1.29 is 50.7 Å². The molecule has 5 aliphatic heterocycles. The smallest absolute Gasteiger partial charge is 0.166 e. The number of rotatable bonds is 18. The lowest BCUT2D eigenvalue weighted by Gasteiger charge is -2.19. The van der Waals surface area contributed by atoms with Crippen LogP contribution in [0.4, 0.5) is 0 Å². The first-order chi connectivity index (χ1) is 63.8. The molecule has 8 aliphatic rings. The molecule has 0 radical (unpaired) electrons. The van der Waals surface area contributed by atoms with Crippen molar-refractivity contribution in [2.24, 2.45) is 23.7 Å². The fourth-order valence-corrected chi connectivity index (χ4v) is 36.1. The summed E-state index contributed by atoms with van der Waals surface area (Å²) in [6.07, 6.45) is 40.7. The fraction of sp³-hybridized carbons (Fsp3) is 0.439. The zero-order chi connectivity index (χ0) is 93.6. The van der Waals surface area contributed by atoms with E-state index < -0.39 is 0 Å². The summed E-state index contributed by atoms with van der Waals surface area (Å²) in [6, 6.07) is 67.9. The molecule has 6 atom stereocenters. The molecule has 9 N–H and O–H groups in total. The van der Waals surface area contributed by atoms with E-state index in [1.807, 2.05) is 74.5 Å². The van der Waals surface area contributed by atoms with Crippen LogP contribution in [0.1, 0.15) is 182 Å². The van der Waals surface area contributed by atoms with E-state index in [1.165, 1.54) is 235 Å². The van der Waals surface area contributed by atoms with Gasteiger partial charge in [0.05, 0.1) is 24.7 Å². The van der Waals surface area contributed by atoms with E-state index in [0.29, 0.717) is 100 Å². The maximum atomic E-state index is 10.5. The third-order valence-corrected chi connectivity index (χ3v) is 44.1. The Morgan fingerprint density at radius 2 is 0.826 bits per heavy atom. The van der Waals surface area contributed by atoms with Crippen molar-refractivity contribution in [1.82, 2.24) is 0 Å². The lowest BCUT2D eigenvalue weighted by Crippen LogP contribution is -2.19. The van der Waals surface area contributed by atoms with Gasteiger partial charge in [0.1, 0.15) is 141 Å². The van der Waals surface area contributed by atoms with Crippen molar-refractivity contribution in [3.05, 3.63) is 239 Å². The number of hydrogen-bond donors (Lipinski definition) is 9. The Balaban J connectivity index is 0.000000130. The molecule has 8 fully saturated rings. The summed E-state index contributed by atoms with van der Waals surface area (Å²) >= 11 is 0. The lowest BCUT2D eigenvalue weighted by molar-refractivity contribution is 0.212. The standard InChI is InChI=1S/C24H29OS.C18H28OS.C15H17S.C13H18OS.C12H16O3S.C12H12O2S.C12H12OS.C8H10OS/c1-2-6-18(5-1)25-23-11-12-24(20-8-4-3-7-19(20)23)26-14-21-16-9-10-17(13-16)22(21)15-26;1-3-5-9-15-13-17(20-11-7-8-12-20)14-16(18(15)19)10-6-4-2;1-12-8-9-15(16-10-4-5-11-16)14-7-3-2-6-13(12)14;1-9-7-12(8-10(2)13(9)14)15-6-4-5-11(15)3;13-7-9-5-11(16-3-1-2-4-16)6-10(8-14)12(9)15;1-15(2)11-7-6-9(13)8-4-3-5-10(14)12(8)11;1-14(2)12-8-7-11(13)9-5-3-4-6-10(9)12;1-10(2)8-5-3-7(9)4-6-8/h3-4,7-8,11-12,16-18,21-22H,1-2,5-6,9-10,13-15H2;13-14H,3-12H2,1-2H3;2-3,6-9H,4-5,10-11H2,1H3;7-8,11H,4-6H2,1-3H3;5-6,13-14H,1-4,7-8H2;3-7H,1-2H3,(H-,13,14);3-8H,1-2H3;3-6H,1-2H3/q+1;;+1;;;;;/p+6. The number of hydrogen-bond acceptors (Lipinski definition) is 10. The van der Waals surface area contributed by atoms with E-state index >= 15 is 0 Å². The highest BCUT2D eigenvalue weighted by atomic mass is 32.2. The van der Waals surface area contributed by atoms with Gasteiger partial charge in [-0.25, -0.2) is 0 Å². The molecule has 6 unspecified atom stereocenters. The number of phenols is 7. The molecule has 704 valence electrons. The molecule has 3 aliphatic carbocycles. The zero-order valence-corrected chi connectivity index (χ0v) is 86.9. The molecule has 2 bridgehead atoms. The number of phenolic OH excluding ortho intramolecular Hbond substituents is 6. The quantitative estimate of drug-likeness (QED) is 0.0374. The highest BCUT2D eigenvalue weighted by Crippen LogP contribution is 2.58. The number of aromatic hydroxyl groups is 7. The summed E-state index contributed by atoms with van der Waals surface area (Å²) < 4.78 is 6.43. The van der Waals surface area contributed by atoms with Crippen LogP contribution in [0.2, 0.25) is 0 Å². The largest absolute Gasteiger partial charge is 0.508 e. The lowest BCUT2D eigenvalue weighted by atomic mass is 9.82. The van der Waals surface area contributed by atoms with Crippen LogP contribution in [0.15, 0.2) is 239 Å². The first-order valence-corrected chi connectivity index (χ1v) is 62.1. The Labute approximate surface area is 812 Å². The van der Waals surface area contributed by atoms with Gasteiger partial charge in [0.2, 0.25) is 0 Å². The van der Waals surface area contributed by atoms with E-state index in [2.05, 4.69) is 168 Å². The zero-order valence-electron chi connectivity index (χ0n) is 80.3. The highest BCUT2D eigenvalue weighted by Gasteiger charge is 2.57. The molecule has 132 heavy (non-hydrogen) atoms. The summed E-state index contributed by atoms with van der Waals surface area (Å²) in [4.78, 5) is 11.1. The first-order valence-electron chi connectivity index (χ1n) is 48.3. The predicted molar refractivity (Wildman–Crippen MR) is 578 cm³/mol. The van der Waals surface area contributed by atoms with Gasteiger partial charge in [0.15, 0.2) is 39.2 Å². The molecule has 0 spiro atoms. The number of aliphatic hydroxyl groups excluding tert-OH is 2. The van der Waals surface area contributed by atoms with Gasteiger partial charge >= 0.3 is 0 Å². The number of unbranched alkanes of at least 4 members (excludes halogenated alkanes) is 2. The second kappa shape index (κ2) is 49.7. The highest BCUT2D eigenvalue weighted by molar-refractivity contribution is 7.99. The molecule has 5 saturated heterocycles. The molecule has 10 nitrogen and oxygen atoms in total. The van der Waals surface area contributed by atoms with Crippen molar-refractivity contribution in [3.63, 3.8) is 0 Å². The van der Waals surface area contributed by atoms with Crippen molar-refractivity contribution in [2.45, 2.75) is 240 Å². The third kappa shape index (κ3) is 26.0. The van der Waals surface area contributed by atoms with Gasteiger partial charge in [-0.2, -0.15) is 0 Å². The summed E-state index contributed by atoms with van der Waals surface area (Å²) in [5.41, 5.74) is 6.92. The Morgan fingerprint density at radius 1 is 0.364 bits per heavy atom. The summed E-state index contributed by atoms with van der Waals surface area (Å²) in [6.45, 7) is 12.6. The van der Waals surface area contributed by atoms with Crippen LogP contribution in [0, 0.1) is 44.4 Å². The first kappa shape index (κ1) is 102. The van der Waals surface area contributed by atoms with Gasteiger partial charge in [-0.1, -0.05) is 99.5 Å². The Kier molecular flexibility index (Phi) is 38.5. The van der Waals surface area contributed by atoms with E-state index in [4.69, 9.17) is 20.1 Å². The minimum atomic E-state index is -0.177. The SMILES string of the molecule is CCCCc1cc([S+]2CCCC2)cc(CCCC)c1O.C[S+](C)c1ccc(O)c2cccc(O)c12.C[S+](C)c1ccc(O)c2ccccc12.C[S+](C)c1ccc(O)cc1.Cc1cc([S+]2CCCC2C)cc(C)c1O.Cc1ccc([S+]2CCCC2)c2ccccc12.OCc1cc([S+]2CCCC2)cc(CO)c1O.c1ccc2c([S+]3CC4C5CCC(C5)C4C3)ccc(OC3CCCC3)c2c1. The van der Waals surface area contributed by atoms with Gasteiger partial charge in [-0.05, 0) is 298 Å². The Bertz CT molecular complexity index is 5640. The maximum absolute atomic E-state index is 10.5. The van der Waals surface area contributed by atoms with Crippen LogP contribution < -0.4 is 4.74 Å². The average molecular weight is 1930 g/mol. The van der Waals surface area contributed by atoms with Gasteiger partial charge in [-0.3, -0.25) is 0 Å². The molecule has 3 saturated carbocycles. The van der Waals surface area contributed by atoms with Crippen molar-refractivity contribution >= 4 is 130 Å². The van der Waals surface area contributed by atoms with E-state index in [1.54, 1.807) is 52.6 Å². The number of ether oxygens (including phenoxy) is 1. The van der Waals surface area contributed by atoms with Gasteiger partial charge in [0, 0.05) is 167 Å². The molecule has 5 heterocycles. The fourth-order valence-electron chi connectivity index (χ4n) is 20.3. The molecule has 18 heteroatoms. The van der Waals surface area contributed by atoms with Crippen LogP contribution in [0.3, 0.4) is 0 Å². The number of fused-ring (bicyclic) bond motifs is 9. The van der Waals surface area contributed by atoms with Crippen molar-refractivity contribution in [2.75, 3.05) is 89.3 Å². The van der Waals surface area contributed by atoms with Crippen LogP contribution in [-0.2, 0) is 113 Å². The normalized spacial score (nSPS) is 19.8. The second-order valence-electron chi connectivity index (χ2n) is 37.4. The van der Waals surface area contributed by atoms with Gasteiger partial charge in [-0.15, -0.1) is 0 Å². The number of benzene rings is 12. The predicted octanol–water partition coefficient (Wildman–Crippen LogP) is 25.8. The Morgan fingerprint density at radius 3 is 1.34 bits per heavy atom. The summed E-state index contributed by atoms with van der Waals surface area (Å²) in [7, 11) is 2.70. The van der Waals surface area contributed by atoms with Gasteiger partial charge in [0.25, 0.3) is 0 Å². The van der Waals surface area contributed by atoms with Crippen LogP contribution >= 0.6 is 0 Å². The summed E-state index contributed by atoms with van der Waals surface area (Å²) in [5.74, 6) is 19.8. The summed E-state index contributed by atoms with van der Waals surface area (Å²) in [5, 5.41) is 96.7. The number of aliphatic hydroxyl groups is 2.